The van der Waals surface area contributed by atoms with Gasteiger partial charge < -0.3 is 0 Å². The van der Waals surface area contributed by atoms with Gasteiger partial charge in [-0.15, -0.1) is 0 Å². The standard InChI is InChI=1S/C16H20N/c1-3-7-15-10-12-17(13-11-15)14(2)16-8-5-4-6-9-16/h4-6,8-14H,3,7H2,1-2H3/q+1. The summed E-state index contributed by atoms with van der Waals surface area (Å²) in [6.45, 7) is 4.45. The predicted octanol–water partition coefficient (Wildman–Crippen LogP) is 3.54. The number of hydrogen-bond acceptors (Lipinski definition) is 0. The van der Waals surface area contributed by atoms with Gasteiger partial charge in [0.15, 0.2) is 18.4 Å². The van der Waals surface area contributed by atoms with Crippen LogP contribution in [0.3, 0.4) is 0 Å². The van der Waals surface area contributed by atoms with Crippen LogP contribution in [0.4, 0.5) is 0 Å². The lowest BCUT2D eigenvalue weighted by Crippen LogP contribution is -2.37. The first kappa shape index (κ1) is 11.8. The minimum atomic E-state index is 0.395. The number of rotatable bonds is 4. The Hall–Kier alpha value is -1.63. The number of pyridine rings is 1. The molecule has 0 bridgehead atoms. The Kier molecular flexibility index (Phi) is 3.92. The van der Waals surface area contributed by atoms with Gasteiger partial charge in [-0.2, -0.15) is 4.57 Å². The molecule has 0 aliphatic rings. The zero-order valence-electron chi connectivity index (χ0n) is 10.6. The Morgan fingerprint density at radius 1 is 1.00 bits per heavy atom. The van der Waals surface area contributed by atoms with E-state index in [4.69, 9.17) is 0 Å². The van der Waals surface area contributed by atoms with E-state index in [1.165, 1.54) is 24.0 Å². The quantitative estimate of drug-likeness (QED) is 0.702. The van der Waals surface area contributed by atoms with Crippen molar-refractivity contribution in [3.63, 3.8) is 0 Å². The van der Waals surface area contributed by atoms with Crippen LogP contribution in [0.25, 0.3) is 0 Å². The highest BCUT2D eigenvalue weighted by Crippen LogP contribution is 2.11. The normalized spacial score (nSPS) is 12.4. The molecule has 1 aromatic heterocycles. The van der Waals surface area contributed by atoms with Crippen LogP contribution in [0.2, 0.25) is 0 Å². The van der Waals surface area contributed by atoms with Crippen molar-refractivity contribution >= 4 is 0 Å². The monoisotopic (exact) mass is 226 g/mol. The van der Waals surface area contributed by atoms with Crippen LogP contribution in [0.5, 0.6) is 0 Å². The summed E-state index contributed by atoms with van der Waals surface area (Å²) in [4.78, 5) is 0. The maximum absolute atomic E-state index is 2.26. The van der Waals surface area contributed by atoms with Gasteiger partial charge in [0.25, 0.3) is 0 Å². The maximum Gasteiger partial charge on any atom is 0.180 e. The molecule has 0 amide bonds. The molecule has 1 unspecified atom stereocenters. The summed E-state index contributed by atoms with van der Waals surface area (Å²) in [6.07, 6.45) is 6.74. The van der Waals surface area contributed by atoms with E-state index in [9.17, 15) is 0 Å². The summed E-state index contributed by atoms with van der Waals surface area (Å²) < 4.78 is 2.26. The van der Waals surface area contributed by atoms with Gasteiger partial charge >= 0.3 is 0 Å². The van der Waals surface area contributed by atoms with Crippen LogP contribution in [-0.4, -0.2) is 0 Å². The second kappa shape index (κ2) is 5.62. The zero-order valence-corrected chi connectivity index (χ0v) is 10.6. The van der Waals surface area contributed by atoms with E-state index < -0.39 is 0 Å². The smallest absolute Gasteiger partial charge is 0.180 e. The molecule has 0 spiro atoms. The molecular weight excluding hydrogens is 206 g/mol. The van der Waals surface area contributed by atoms with Crippen molar-refractivity contribution in [1.29, 1.82) is 0 Å². The van der Waals surface area contributed by atoms with Gasteiger partial charge in [-0.25, -0.2) is 0 Å². The van der Waals surface area contributed by atoms with Crippen LogP contribution in [0.15, 0.2) is 54.9 Å². The van der Waals surface area contributed by atoms with Gasteiger partial charge in [-0.05, 0) is 12.0 Å². The van der Waals surface area contributed by atoms with Crippen molar-refractivity contribution in [2.24, 2.45) is 0 Å². The lowest BCUT2D eigenvalue weighted by molar-refractivity contribution is -0.710. The van der Waals surface area contributed by atoms with Gasteiger partial charge in [-0.1, -0.05) is 43.7 Å². The molecule has 0 aliphatic carbocycles. The molecule has 0 aliphatic heterocycles. The first-order valence-electron chi connectivity index (χ1n) is 6.36. The van der Waals surface area contributed by atoms with Crippen LogP contribution in [-0.2, 0) is 6.42 Å². The predicted molar refractivity (Wildman–Crippen MR) is 70.9 cm³/mol. The third kappa shape index (κ3) is 2.94. The number of benzene rings is 1. The molecule has 2 rings (SSSR count). The van der Waals surface area contributed by atoms with Crippen molar-refractivity contribution in [2.75, 3.05) is 0 Å². The summed E-state index contributed by atoms with van der Waals surface area (Å²) in [5.41, 5.74) is 2.77. The molecule has 1 atom stereocenters. The molecule has 0 radical (unpaired) electrons. The molecule has 0 saturated heterocycles. The summed E-state index contributed by atoms with van der Waals surface area (Å²) in [6, 6.07) is 15.5. The molecule has 2 aromatic rings. The molecule has 17 heavy (non-hydrogen) atoms. The fourth-order valence-electron chi connectivity index (χ4n) is 2.09. The Morgan fingerprint density at radius 2 is 1.65 bits per heavy atom. The first-order chi connectivity index (χ1) is 8.31. The summed E-state index contributed by atoms with van der Waals surface area (Å²) >= 11 is 0. The molecule has 88 valence electrons. The lowest BCUT2D eigenvalue weighted by Gasteiger charge is -2.07. The third-order valence-corrected chi connectivity index (χ3v) is 3.19. The Morgan fingerprint density at radius 3 is 2.24 bits per heavy atom. The Labute approximate surface area is 104 Å². The molecule has 1 heteroatoms. The highest BCUT2D eigenvalue weighted by molar-refractivity contribution is 5.16. The van der Waals surface area contributed by atoms with E-state index in [1.807, 2.05) is 0 Å². The minimum Gasteiger partial charge on any atom is -0.198 e. The molecule has 0 N–H and O–H groups in total. The third-order valence-electron chi connectivity index (χ3n) is 3.19. The first-order valence-corrected chi connectivity index (χ1v) is 6.36. The number of aromatic nitrogens is 1. The summed E-state index contributed by atoms with van der Waals surface area (Å²) in [7, 11) is 0. The van der Waals surface area contributed by atoms with Gasteiger partial charge in [0, 0.05) is 24.6 Å². The second-order valence-electron chi connectivity index (χ2n) is 4.49. The minimum absolute atomic E-state index is 0.395. The molecule has 1 aromatic carbocycles. The SMILES string of the molecule is CCCc1cc[n+](C(C)c2ccccc2)cc1. The molecule has 0 saturated carbocycles. The summed E-state index contributed by atoms with van der Waals surface area (Å²) in [5, 5.41) is 0. The van der Waals surface area contributed by atoms with Crippen LogP contribution in [0, 0.1) is 0 Å². The zero-order chi connectivity index (χ0) is 12.1. The Balaban J connectivity index is 2.17. The van der Waals surface area contributed by atoms with Crippen LogP contribution < -0.4 is 4.57 Å². The highest BCUT2D eigenvalue weighted by atomic mass is 15.0. The lowest BCUT2D eigenvalue weighted by atomic mass is 10.1. The van der Waals surface area contributed by atoms with Crippen LogP contribution >= 0.6 is 0 Å². The molecule has 1 nitrogen and oxygen atoms in total. The van der Waals surface area contributed by atoms with Crippen LogP contribution in [0.1, 0.15) is 37.4 Å². The molecule has 0 fully saturated rings. The molecular formula is C16H20N+. The van der Waals surface area contributed by atoms with Crippen molar-refractivity contribution in [3.8, 4) is 0 Å². The fourth-order valence-corrected chi connectivity index (χ4v) is 2.09. The second-order valence-corrected chi connectivity index (χ2v) is 4.49. The number of aryl methyl sites for hydroxylation is 1. The van der Waals surface area contributed by atoms with E-state index in [0.717, 1.165) is 0 Å². The Bertz CT molecular complexity index is 445. The number of nitrogens with zero attached hydrogens (tertiary/aromatic N) is 1. The van der Waals surface area contributed by atoms with Crippen molar-refractivity contribution < 1.29 is 4.57 Å². The topological polar surface area (TPSA) is 3.88 Å². The largest absolute Gasteiger partial charge is 0.198 e. The average molecular weight is 226 g/mol. The highest BCUT2D eigenvalue weighted by Gasteiger charge is 2.13. The van der Waals surface area contributed by atoms with Gasteiger partial charge in [0.05, 0.1) is 0 Å². The molecule has 1 heterocycles. The van der Waals surface area contributed by atoms with Gasteiger partial charge in [0.1, 0.15) is 0 Å². The van der Waals surface area contributed by atoms with Crippen molar-refractivity contribution in [1.82, 2.24) is 0 Å². The van der Waals surface area contributed by atoms with E-state index in [2.05, 4.69) is 73.3 Å². The van der Waals surface area contributed by atoms with E-state index in [0.29, 0.717) is 6.04 Å². The van der Waals surface area contributed by atoms with Crippen molar-refractivity contribution in [2.45, 2.75) is 32.7 Å². The number of hydrogen-bond donors (Lipinski definition) is 0. The van der Waals surface area contributed by atoms with E-state index in [-0.39, 0.29) is 0 Å². The van der Waals surface area contributed by atoms with Crippen molar-refractivity contribution in [3.05, 3.63) is 66.0 Å². The maximum atomic E-state index is 2.26. The average Bonchev–Trinajstić information content (AvgIpc) is 2.40. The van der Waals surface area contributed by atoms with Gasteiger partial charge in [0.2, 0.25) is 0 Å². The van der Waals surface area contributed by atoms with E-state index in [1.54, 1.807) is 0 Å². The fraction of sp³-hybridized carbons (Fsp3) is 0.312. The van der Waals surface area contributed by atoms with Gasteiger partial charge in [-0.3, -0.25) is 0 Å². The summed E-state index contributed by atoms with van der Waals surface area (Å²) in [5.74, 6) is 0. The van der Waals surface area contributed by atoms with E-state index >= 15 is 0 Å².